The van der Waals surface area contributed by atoms with Crippen LogP contribution in [0.2, 0.25) is 0 Å². The fourth-order valence-corrected chi connectivity index (χ4v) is 1.92. The first-order valence-corrected chi connectivity index (χ1v) is 5.53. The molecule has 0 aromatic heterocycles. The molecule has 96 valence electrons. The van der Waals surface area contributed by atoms with Crippen molar-refractivity contribution < 1.29 is 13.2 Å². The molecule has 0 saturated carbocycles. The summed E-state index contributed by atoms with van der Waals surface area (Å²) >= 11 is 0. The lowest BCUT2D eigenvalue weighted by molar-refractivity contribution is -0.137. The van der Waals surface area contributed by atoms with E-state index in [1.165, 1.54) is 12.1 Å². The van der Waals surface area contributed by atoms with Crippen molar-refractivity contribution in [1.29, 1.82) is 0 Å². The minimum atomic E-state index is -4.30. The highest BCUT2D eigenvalue weighted by molar-refractivity contribution is 5.29. The maximum atomic E-state index is 12.6. The van der Waals surface area contributed by atoms with E-state index in [4.69, 9.17) is 5.73 Å². The molecular weight excluding hydrogens is 227 g/mol. The molecule has 1 rings (SSSR count). The van der Waals surface area contributed by atoms with Crippen molar-refractivity contribution in [3.63, 3.8) is 0 Å². The monoisotopic (exact) mass is 245 g/mol. The molecular formula is C13H18F3N. The van der Waals surface area contributed by atoms with Crippen LogP contribution in [0.5, 0.6) is 0 Å². The molecule has 0 spiro atoms. The summed E-state index contributed by atoms with van der Waals surface area (Å²) in [5.41, 5.74) is 5.55. The Balaban J connectivity index is 3.15. The number of nitrogens with two attached hydrogens (primary N) is 1. The first-order valence-electron chi connectivity index (χ1n) is 5.53. The molecule has 0 heterocycles. The van der Waals surface area contributed by atoms with Crippen LogP contribution in [0.1, 0.15) is 37.8 Å². The van der Waals surface area contributed by atoms with Gasteiger partial charge >= 0.3 is 6.18 Å². The third-order valence-corrected chi connectivity index (χ3v) is 2.90. The number of halogens is 3. The zero-order valence-electron chi connectivity index (χ0n) is 10.3. The molecule has 0 bridgehead atoms. The summed E-state index contributed by atoms with van der Waals surface area (Å²) in [4.78, 5) is 0. The molecule has 1 aromatic carbocycles. The second-order valence-electron chi connectivity index (χ2n) is 5.28. The Labute approximate surface area is 99.8 Å². The second-order valence-corrected chi connectivity index (χ2v) is 5.28. The zero-order valence-corrected chi connectivity index (χ0v) is 10.3. The smallest absolute Gasteiger partial charge is 0.330 e. The van der Waals surface area contributed by atoms with Gasteiger partial charge in [-0.25, -0.2) is 0 Å². The van der Waals surface area contributed by atoms with Gasteiger partial charge in [0, 0.05) is 5.92 Å². The van der Waals surface area contributed by atoms with Crippen LogP contribution in [0.25, 0.3) is 0 Å². The average Bonchev–Trinajstić information content (AvgIpc) is 2.15. The van der Waals surface area contributed by atoms with Crippen LogP contribution in [-0.2, 0) is 6.18 Å². The van der Waals surface area contributed by atoms with Crippen LogP contribution in [0.3, 0.4) is 0 Å². The maximum Gasteiger partial charge on any atom is 0.416 e. The Morgan fingerprint density at radius 1 is 1.18 bits per heavy atom. The molecule has 1 nitrogen and oxygen atoms in total. The van der Waals surface area contributed by atoms with Gasteiger partial charge in [-0.05, 0) is 23.6 Å². The molecule has 0 aliphatic heterocycles. The highest BCUT2D eigenvalue weighted by Crippen LogP contribution is 2.37. The van der Waals surface area contributed by atoms with E-state index in [1.54, 1.807) is 6.07 Å². The van der Waals surface area contributed by atoms with E-state index >= 15 is 0 Å². The molecule has 0 saturated heterocycles. The van der Waals surface area contributed by atoms with Crippen molar-refractivity contribution in [2.75, 3.05) is 6.54 Å². The lowest BCUT2D eigenvalue weighted by Crippen LogP contribution is -2.26. The normalized spacial score (nSPS) is 14.8. The van der Waals surface area contributed by atoms with Gasteiger partial charge in [-0.1, -0.05) is 39.0 Å². The van der Waals surface area contributed by atoms with Gasteiger partial charge in [0.25, 0.3) is 0 Å². The van der Waals surface area contributed by atoms with Crippen molar-refractivity contribution in [3.8, 4) is 0 Å². The molecule has 0 aliphatic rings. The van der Waals surface area contributed by atoms with Crippen LogP contribution in [0, 0.1) is 5.41 Å². The third kappa shape index (κ3) is 3.46. The first kappa shape index (κ1) is 14.0. The standard InChI is InChI=1S/C13H18F3N/c1-12(2,3)11(8-17)9-5-4-6-10(7-9)13(14,15)16/h4-7,11H,8,17H2,1-3H3. The Kier molecular flexibility index (Phi) is 3.87. The van der Waals surface area contributed by atoms with Gasteiger partial charge in [0.05, 0.1) is 5.56 Å². The molecule has 1 aromatic rings. The minimum absolute atomic E-state index is 0.0789. The summed E-state index contributed by atoms with van der Waals surface area (Å²) in [6.07, 6.45) is -4.30. The highest BCUT2D eigenvalue weighted by Gasteiger charge is 2.32. The Bertz CT molecular complexity index is 377. The lowest BCUT2D eigenvalue weighted by Gasteiger charge is -2.30. The summed E-state index contributed by atoms with van der Waals surface area (Å²) < 4.78 is 37.8. The Morgan fingerprint density at radius 2 is 1.76 bits per heavy atom. The van der Waals surface area contributed by atoms with E-state index in [9.17, 15) is 13.2 Å². The summed E-state index contributed by atoms with van der Waals surface area (Å²) in [5, 5.41) is 0. The van der Waals surface area contributed by atoms with Crippen LogP contribution in [0.15, 0.2) is 24.3 Å². The maximum absolute atomic E-state index is 12.6. The van der Waals surface area contributed by atoms with Gasteiger partial charge in [-0.3, -0.25) is 0 Å². The van der Waals surface area contributed by atoms with E-state index in [0.717, 1.165) is 6.07 Å². The molecule has 1 atom stereocenters. The Hall–Kier alpha value is -1.03. The largest absolute Gasteiger partial charge is 0.416 e. The van der Waals surface area contributed by atoms with Gasteiger partial charge in [0.2, 0.25) is 0 Å². The topological polar surface area (TPSA) is 26.0 Å². The predicted molar refractivity (Wildman–Crippen MR) is 62.7 cm³/mol. The molecule has 0 amide bonds. The van der Waals surface area contributed by atoms with Crippen LogP contribution < -0.4 is 5.73 Å². The van der Waals surface area contributed by atoms with Crippen LogP contribution in [-0.4, -0.2) is 6.54 Å². The highest BCUT2D eigenvalue weighted by atomic mass is 19.4. The second kappa shape index (κ2) is 4.69. The Morgan fingerprint density at radius 3 is 2.18 bits per heavy atom. The van der Waals surface area contributed by atoms with Crippen molar-refractivity contribution in [2.45, 2.75) is 32.9 Å². The molecule has 4 heteroatoms. The molecule has 0 fully saturated rings. The van der Waals surface area contributed by atoms with E-state index in [0.29, 0.717) is 12.1 Å². The lowest BCUT2D eigenvalue weighted by atomic mass is 9.76. The fraction of sp³-hybridized carbons (Fsp3) is 0.538. The fourth-order valence-electron chi connectivity index (χ4n) is 1.92. The third-order valence-electron chi connectivity index (χ3n) is 2.90. The van der Waals surface area contributed by atoms with Crippen molar-refractivity contribution >= 4 is 0 Å². The predicted octanol–water partition coefficient (Wildman–Crippen LogP) is 3.79. The summed E-state index contributed by atoms with van der Waals surface area (Å²) in [5.74, 6) is -0.0789. The van der Waals surface area contributed by atoms with Gasteiger partial charge in [-0.2, -0.15) is 13.2 Å². The van der Waals surface area contributed by atoms with Crippen LogP contribution >= 0.6 is 0 Å². The molecule has 0 radical (unpaired) electrons. The number of benzene rings is 1. The number of rotatable bonds is 2. The van der Waals surface area contributed by atoms with E-state index < -0.39 is 11.7 Å². The summed E-state index contributed by atoms with van der Waals surface area (Å²) in [6, 6.07) is 5.42. The van der Waals surface area contributed by atoms with Crippen LogP contribution in [0.4, 0.5) is 13.2 Å². The van der Waals surface area contributed by atoms with E-state index in [-0.39, 0.29) is 11.3 Å². The van der Waals surface area contributed by atoms with Gasteiger partial charge in [0.1, 0.15) is 0 Å². The van der Waals surface area contributed by atoms with Gasteiger partial charge in [-0.15, -0.1) is 0 Å². The van der Waals surface area contributed by atoms with E-state index in [2.05, 4.69) is 0 Å². The first-order chi connectivity index (χ1) is 7.66. The van der Waals surface area contributed by atoms with Gasteiger partial charge in [0.15, 0.2) is 0 Å². The minimum Gasteiger partial charge on any atom is -0.330 e. The quantitative estimate of drug-likeness (QED) is 0.842. The average molecular weight is 245 g/mol. The number of hydrogen-bond donors (Lipinski definition) is 1. The summed E-state index contributed by atoms with van der Waals surface area (Å²) in [6.45, 7) is 6.27. The SMILES string of the molecule is CC(C)(C)C(CN)c1cccc(C(F)(F)F)c1. The molecule has 1 unspecified atom stereocenters. The zero-order chi connectivity index (χ0) is 13.3. The molecule has 0 aliphatic carbocycles. The van der Waals surface area contributed by atoms with Crippen molar-refractivity contribution in [2.24, 2.45) is 11.1 Å². The van der Waals surface area contributed by atoms with Gasteiger partial charge < -0.3 is 5.73 Å². The van der Waals surface area contributed by atoms with Crippen molar-refractivity contribution in [1.82, 2.24) is 0 Å². The number of hydrogen-bond acceptors (Lipinski definition) is 1. The molecule has 2 N–H and O–H groups in total. The van der Waals surface area contributed by atoms with E-state index in [1.807, 2.05) is 20.8 Å². The summed E-state index contributed by atoms with van der Waals surface area (Å²) in [7, 11) is 0. The molecule has 17 heavy (non-hydrogen) atoms. The number of alkyl halides is 3. The van der Waals surface area contributed by atoms with Crippen molar-refractivity contribution in [3.05, 3.63) is 35.4 Å².